The first kappa shape index (κ1) is 29.0. The van der Waals surface area contributed by atoms with E-state index in [1.165, 1.54) is 6.08 Å². The molecule has 0 saturated heterocycles. The van der Waals surface area contributed by atoms with Crippen molar-refractivity contribution in [3.8, 4) is 0 Å². The smallest absolute Gasteiger partial charge is 0.341 e. The molecule has 0 aliphatic rings. The van der Waals surface area contributed by atoms with Crippen molar-refractivity contribution < 1.29 is 19.1 Å². The molecule has 0 unspecified atom stereocenters. The minimum absolute atomic E-state index is 0.102. The average Bonchev–Trinajstić information content (AvgIpc) is 3.00. The van der Waals surface area contributed by atoms with Crippen LogP contribution in [-0.4, -0.2) is 38.1 Å². The van der Waals surface area contributed by atoms with Crippen LogP contribution in [0.1, 0.15) is 29.2 Å². The van der Waals surface area contributed by atoms with Crippen molar-refractivity contribution in [1.29, 1.82) is 0 Å². The number of Topliss-reactive ketones (excluding diaryl/α,β-unsaturated/α-hetero) is 1. The van der Waals surface area contributed by atoms with Crippen LogP contribution in [0, 0.1) is 0 Å². The summed E-state index contributed by atoms with van der Waals surface area (Å²) in [7, 11) is 0. The Morgan fingerprint density at radius 2 is 1.27 bits per heavy atom. The molecular weight excluding hydrogens is 522 g/mol. The molecule has 0 heterocycles. The molecule has 204 valence electrons. The maximum absolute atomic E-state index is 13.0. The Hall–Kier alpha value is -4.03. The molecule has 4 rings (SSSR count). The van der Waals surface area contributed by atoms with Crippen LogP contribution < -0.4 is 5.32 Å². The maximum Gasteiger partial charge on any atom is 0.341 e. The van der Waals surface area contributed by atoms with Gasteiger partial charge in [-0.1, -0.05) is 121 Å². The van der Waals surface area contributed by atoms with E-state index in [9.17, 15) is 9.59 Å². The van der Waals surface area contributed by atoms with Gasteiger partial charge >= 0.3 is 5.97 Å². The standard InChI is InChI=1S/C34H32ClNO4/c1-2-40-33(38)30(24-26-14-12-13-21-31(26)35)32(37)25-39-23-22-36-34(27-15-6-3-7-16-27,28-17-8-4-9-18-28)29-19-10-5-11-20-29/h3-21,24,36H,2,22-23,25H2,1H3/b30-24+. The number of ether oxygens (including phenoxy) is 2. The van der Waals surface area contributed by atoms with Gasteiger partial charge in [-0.2, -0.15) is 0 Å². The largest absolute Gasteiger partial charge is 0.462 e. The summed E-state index contributed by atoms with van der Waals surface area (Å²) in [6.07, 6.45) is 1.45. The van der Waals surface area contributed by atoms with Crippen LogP contribution in [0.3, 0.4) is 0 Å². The van der Waals surface area contributed by atoms with Crippen molar-refractivity contribution in [2.45, 2.75) is 12.5 Å². The van der Waals surface area contributed by atoms with Gasteiger partial charge in [-0.05, 0) is 41.3 Å². The number of rotatable bonds is 13. The summed E-state index contributed by atoms with van der Waals surface area (Å²) in [6, 6.07) is 37.7. The van der Waals surface area contributed by atoms with E-state index in [1.807, 2.05) is 54.6 Å². The summed E-state index contributed by atoms with van der Waals surface area (Å²) < 4.78 is 10.9. The zero-order chi connectivity index (χ0) is 28.2. The number of esters is 1. The molecule has 0 atom stereocenters. The Morgan fingerprint density at radius 3 is 1.77 bits per heavy atom. The molecule has 0 saturated carbocycles. The van der Waals surface area contributed by atoms with Gasteiger partial charge in [0, 0.05) is 11.6 Å². The first-order valence-electron chi connectivity index (χ1n) is 13.2. The summed E-state index contributed by atoms with van der Waals surface area (Å²) in [4.78, 5) is 25.6. The average molecular weight is 554 g/mol. The predicted octanol–water partition coefficient (Wildman–Crippen LogP) is 6.45. The lowest BCUT2D eigenvalue weighted by molar-refractivity contribution is -0.140. The van der Waals surface area contributed by atoms with Gasteiger partial charge in [-0.3, -0.25) is 10.1 Å². The monoisotopic (exact) mass is 553 g/mol. The van der Waals surface area contributed by atoms with E-state index < -0.39 is 17.3 Å². The minimum Gasteiger partial charge on any atom is -0.462 e. The van der Waals surface area contributed by atoms with Crippen LogP contribution >= 0.6 is 11.6 Å². The van der Waals surface area contributed by atoms with Crippen molar-refractivity contribution in [3.05, 3.63) is 148 Å². The van der Waals surface area contributed by atoms with Crippen molar-refractivity contribution in [1.82, 2.24) is 5.32 Å². The Kier molecular flexibility index (Phi) is 10.4. The first-order valence-corrected chi connectivity index (χ1v) is 13.6. The Bertz CT molecular complexity index is 1330. The molecule has 0 fully saturated rings. The summed E-state index contributed by atoms with van der Waals surface area (Å²) in [5, 5.41) is 4.15. The molecule has 40 heavy (non-hydrogen) atoms. The lowest BCUT2D eigenvalue weighted by Gasteiger charge is -2.37. The van der Waals surface area contributed by atoms with Gasteiger partial charge in [0.25, 0.3) is 0 Å². The highest BCUT2D eigenvalue weighted by molar-refractivity contribution is 6.32. The van der Waals surface area contributed by atoms with E-state index in [0.29, 0.717) is 17.1 Å². The van der Waals surface area contributed by atoms with E-state index in [-0.39, 0.29) is 25.4 Å². The molecule has 1 N–H and O–H groups in total. The van der Waals surface area contributed by atoms with Crippen LogP contribution in [-0.2, 0) is 24.6 Å². The Morgan fingerprint density at radius 1 is 0.775 bits per heavy atom. The fourth-order valence-corrected chi connectivity index (χ4v) is 4.82. The number of halogens is 1. The molecule has 0 bridgehead atoms. The molecule has 0 aliphatic carbocycles. The number of carbonyl (C=O) groups excluding carboxylic acids is 2. The number of hydrogen-bond donors (Lipinski definition) is 1. The van der Waals surface area contributed by atoms with Crippen LogP contribution in [0.2, 0.25) is 5.02 Å². The second-order valence-corrected chi connectivity index (χ2v) is 9.46. The van der Waals surface area contributed by atoms with Gasteiger partial charge in [-0.15, -0.1) is 0 Å². The third-order valence-corrected chi connectivity index (χ3v) is 6.84. The van der Waals surface area contributed by atoms with Gasteiger partial charge < -0.3 is 9.47 Å². The molecule has 4 aromatic rings. The van der Waals surface area contributed by atoms with E-state index in [2.05, 4.69) is 41.7 Å². The van der Waals surface area contributed by atoms with Gasteiger partial charge in [0.2, 0.25) is 0 Å². The summed E-state index contributed by atoms with van der Waals surface area (Å²) in [6.45, 7) is 2.25. The quantitative estimate of drug-likeness (QED) is 0.0514. The number of benzene rings is 4. The second-order valence-electron chi connectivity index (χ2n) is 9.05. The number of carbonyl (C=O) groups is 2. The second kappa shape index (κ2) is 14.4. The lowest BCUT2D eigenvalue weighted by atomic mass is 9.77. The van der Waals surface area contributed by atoms with Crippen molar-refractivity contribution in [2.75, 3.05) is 26.4 Å². The van der Waals surface area contributed by atoms with Crippen LogP contribution in [0.25, 0.3) is 6.08 Å². The molecule has 5 nitrogen and oxygen atoms in total. The van der Waals surface area contributed by atoms with E-state index >= 15 is 0 Å². The molecule has 0 radical (unpaired) electrons. The fraction of sp³-hybridized carbons (Fsp3) is 0.176. The predicted molar refractivity (Wildman–Crippen MR) is 159 cm³/mol. The van der Waals surface area contributed by atoms with Crippen LogP contribution in [0.15, 0.2) is 121 Å². The van der Waals surface area contributed by atoms with Gasteiger partial charge in [0.05, 0.1) is 18.8 Å². The van der Waals surface area contributed by atoms with Crippen molar-refractivity contribution in [3.63, 3.8) is 0 Å². The highest BCUT2D eigenvalue weighted by Gasteiger charge is 2.35. The van der Waals surface area contributed by atoms with E-state index in [0.717, 1.165) is 16.7 Å². The van der Waals surface area contributed by atoms with Gasteiger partial charge in [0.1, 0.15) is 12.2 Å². The summed E-state index contributed by atoms with van der Waals surface area (Å²) >= 11 is 6.25. The fourth-order valence-electron chi connectivity index (χ4n) is 4.63. The van der Waals surface area contributed by atoms with E-state index in [4.69, 9.17) is 21.1 Å². The molecule has 0 aliphatic heterocycles. The summed E-state index contributed by atoms with van der Waals surface area (Å²) in [5.41, 5.74) is 3.05. The number of hydrogen-bond acceptors (Lipinski definition) is 5. The third kappa shape index (κ3) is 6.93. The SMILES string of the molecule is CCOC(=O)/C(=C/c1ccccc1Cl)C(=O)COCCNC(c1ccccc1)(c1ccccc1)c1ccccc1. The molecule has 0 amide bonds. The normalized spacial score (nSPS) is 11.7. The van der Waals surface area contributed by atoms with Crippen molar-refractivity contribution in [2.24, 2.45) is 0 Å². The molecule has 0 aromatic heterocycles. The Balaban J connectivity index is 1.52. The lowest BCUT2D eigenvalue weighted by Crippen LogP contribution is -2.46. The van der Waals surface area contributed by atoms with E-state index in [1.54, 1.807) is 31.2 Å². The zero-order valence-electron chi connectivity index (χ0n) is 22.4. The zero-order valence-corrected chi connectivity index (χ0v) is 23.1. The Labute approximate surface area is 240 Å². The molecule has 0 spiro atoms. The number of nitrogens with one attached hydrogen (secondary N) is 1. The highest BCUT2D eigenvalue weighted by Crippen LogP contribution is 2.36. The van der Waals surface area contributed by atoms with Gasteiger partial charge in [0.15, 0.2) is 5.78 Å². The minimum atomic E-state index is -0.703. The van der Waals surface area contributed by atoms with Crippen LogP contribution in [0.5, 0.6) is 0 Å². The van der Waals surface area contributed by atoms with Crippen molar-refractivity contribution >= 4 is 29.4 Å². The molecule has 4 aromatic carbocycles. The number of ketones is 1. The maximum atomic E-state index is 13.0. The topological polar surface area (TPSA) is 64.6 Å². The first-order chi connectivity index (χ1) is 19.6. The van der Waals surface area contributed by atoms with Crippen LogP contribution in [0.4, 0.5) is 0 Å². The summed E-state index contributed by atoms with van der Waals surface area (Å²) in [5.74, 6) is -1.18. The third-order valence-electron chi connectivity index (χ3n) is 6.49. The highest BCUT2D eigenvalue weighted by atomic mass is 35.5. The van der Waals surface area contributed by atoms with Gasteiger partial charge in [-0.25, -0.2) is 4.79 Å². The molecule has 6 heteroatoms. The molecular formula is C34H32ClNO4.